The average molecular weight is 373 g/mol. The van der Waals surface area contributed by atoms with Crippen molar-refractivity contribution in [2.45, 2.75) is 19.8 Å². The van der Waals surface area contributed by atoms with Crippen molar-refractivity contribution < 1.29 is 4.79 Å². The molecule has 1 aliphatic rings. The molecule has 2 aromatic heterocycles. The van der Waals surface area contributed by atoms with E-state index in [4.69, 9.17) is 4.98 Å². The summed E-state index contributed by atoms with van der Waals surface area (Å²) >= 11 is 0. The smallest absolute Gasteiger partial charge is 0.327 e. The van der Waals surface area contributed by atoms with Crippen molar-refractivity contribution in [3.05, 3.63) is 66.5 Å². The fraction of sp³-hybridized carbons (Fsp3) is 0.227. The molecular formula is C22H23N5O. The van der Waals surface area contributed by atoms with Gasteiger partial charge >= 0.3 is 6.03 Å². The largest absolute Gasteiger partial charge is 0.382 e. The first-order chi connectivity index (χ1) is 13.7. The maximum Gasteiger partial charge on any atom is 0.327 e. The first-order valence-corrected chi connectivity index (χ1v) is 9.51. The van der Waals surface area contributed by atoms with Crippen molar-refractivity contribution in [1.82, 2.24) is 9.97 Å². The number of benzene rings is 1. The third kappa shape index (κ3) is 3.96. The van der Waals surface area contributed by atoms with Gasteiger partial charge in [0.1, 0.15) is 0 Å². The lowest BCUT2D eigenvalue weighted by Crippen LogP contribution is -2.38. The van der Waals surface area contributed by atoms with Crippen LogP contribution in [0.15, 0.2) is 60.9 Å². The molecule has 2 N–H and O–H groups in total. The SMILES string of the molecule is Cc1cccc(-c2ccc3c(n2)N(C(=O)Nc2cccnc2)CCCCN3)c1. The second-order valence-electron chi connectivity index (χ2n) is 6.89. The van der Waals surface area contributed by atoms with Crippen LogP contribution >= 0.6 is 0 Å². The number of hydrogen-bond acceptors (Lipinski definition) is 4. The fourth-order valence-electron chi connectivity index (χ4n) is 3.31. The highest BCUT2D eigenvalue weighted by atomic mass is 16.2. The predicted molar refractivity (Wildman–Crippen MR) is 113 cm³/mol. The topological polar surface area (TPSA) is 70.2 Å². The molecular weight excluding hydrogens is 350 g/mol. The zero-order valence-corrected chi connectivity index (χ0v) is 15.9. The molecule has 0 spiro atoms. The third-order valence-corrected chi connectivity index (χ3v) is 4.73. The summed E-state index contributed by atoms with van der Waals surface area (Å²) in [5, 5.41) is 6.33. The molecule has 2 amide bonds. The number of amides is 2. The zero-order chi connectivity index (χ0) is 19.3. The Morgan fingerprint density at radius 1 is 1.14 bits per heavy atom. The molecule has 0 radical (unpaired) electrons. The number of nitrogens with one attached hydrogen (secondary N) is 2. The Balaban J connectivity index is 1.70. The molecule has 4 rings (SSSR count). The predicted octanol–water partition coefficient (Wildman–Crippen LogP) is 4.70. The van der Waals surface area contributed by atoms with Gasteiger partial charge in [0.05, 0.1) is 23.3 Å². The molecule has 0 atom stereocenters. The van der Waals surface area contributed by atoms with Crippen molar-refractivity contribution in [3.63, 3.8) is 0 Å². The van der Waals surface area contributed by atoms with Crippen molar-refractivity contribution >= 4 is 23.2 Å². The summed E-state index contributed by atoms with van der Waals surface area (Å²) in [4.78, 5) is 23.7. The number of carbonyl (C=O) groups is 1. The van der Waals surface area contributed by atoms with Crippen LogP contribution in [-0.2, 0) is 0 Å². The number of pyridine rings is 2. The Hall–Kier alpha value is -3.41. The van der Waals surface area contributed by atoms with Crippen LogP contribution in [0.4, 0.5) is 22.0 Å². The van der Waals surface area contributed by atoms with Crippen LogP contribution in [0, 0.1) is 6.92 Å². The van der Waals surface area contributed by atoms with Crippen LogP contribution in [-0.4, -0.2) is 29.1 Å². The van der Waals surface area contributed by atoms with E-state index in [1.807, 2.05) is 30.3 Å². The monoisotopic (exact) mass is 373 g/mol. The standard InChI is InChI=1S/C22H23N5O/c1-16-6-4-7-17(14-16)19-9-10-20-21(26-19)27(13-3-2-12-24-20)22(28)25-18-8-5-11-23-15-18/h4-11,14-15,24H,2-3,12-13H2,1H3,(H,25,28). The molecule has 0 unspecified atom stereocenters. The number of urea groups is 1. The van der Waals surface area contributed by atoms with E-state index in [1.165, 1.54) is 5.56 Å². The van der Waals surface area contributed by atoms with Gasteiger partial charge in [-0.15, -0.1) is 0 Å². The van der Waals surface area contributed by atoms with Crippen molar-refractivity contribution in [1.29, 1.82) is 0 Å². The van der Waals surface area contributed by atoms with Crippen LogP contribution in [0.5, 0.6) is 0 Å². The Kier molecular flexibility index (Phi) is 5.19. The van der Waals surface area contributed by atoms with Crippen LogP contribution in [0.2, 0.25) is 0 Å². The zero-order valence-electron chi connectivity index (χ0n) is 15.9. The molecule has 0 aliphatic carbocycles. The van der Waals surface area contributed by atoms with Gasteiger partial charge in [-0.1, -0.05) is 23.8 Å². The Labute approximate surface area is 164 Å². The van der Waals surface area contributed by atoms with Gasteiger partial charge in [0.15, 0.2) is 5.82 Å². The summed E-state index contributed by atoms with van der Waals surface area (Å²) in [6.07, 6.45) is 5.22. The van der Waals surface area contributed by atoms with E-state index in [1.54, 1.807) is 23.4 Å². The maximum absolute atomic E-state index is 13.0. The van der Waals surface area contributed by atoms with Crippen molar-refractivity contribution in [2.24, 2.45) is 0 Å². The van der Waals surface area contributed by atoms with Crippen LogP contribution in [0.1, 0.15) is 18.4 Å². The van der Waals surface area contributed by atoms with Crippen LogP contribution in [0.3, 0.4) is 0 Å². The second-order valence-corrected chi connectivity index (χ2v) is 6.89. The molecule has 1 aromatic carbocycles. The van der Waals surface area contributed by atoms with E-state index in [0.29, 0.717) is 18.1 Å². The Bertz CT molecular complexity index is 974. The first-order valence-electron chi connectivity index (χ1n) is 9.51. The summed E-state index contributed by atoms with van der Waals surface area (Å²) in [6.45, 7) is 3.55. The van der Waals surface area contributed by atoms with E-state index >= 15 is 0 Å². The lowest BCUT2D eigenvalue weighted by atomic mass is 10.1. The fourth-order valence-corrected chi connectivity index (χ4v) is 3.31. The molecule has 6 nitrogen and oxygen atoms in total. The highest BCUT2D eigenvalue weighted by molar-refractivity contribution is 6.03. The average Bonchev–Trinajstić information content (AvgIpc) is 2.69. The first kappa shape index (κ1) is 18.0. The number of anilines is 3. The number of nitrogens with zero attached hydrogens (tertiary/aromatic N) is 3. The Morgan fingerprint density at radius 3 is 2.89 bits per heavy atom. The van der Waals surface area contributed by atoms with Crippen LogP contribution < -0.4 is 15.5 Å². The molecule has 6 heteroatoms. The summed E-state index contributed by atoms with van der Waals surface area (Å²) in [7, 11) is 0. The number of hydrogen-bond donors (Lipinski definition) is 2. The molecule has 0 saturated carbocycles. The van der Waals surface area contributed by atoms with Crippen molar-refractivity contribution in [3.8, 4) is 11.3 Å². The minimum Gasteiger partial charge on any atom is -0.382 e. The molecule has 0 saturated heterocycles. The molecule has 0 bridgehead atoms. The van der Waals surface area contributed by atoms with E-state index < -0.39 is 0 Å². The normalized spacial score (nSPS) is 13.7. The van der Waals surface area contributed by atoms with E-state index in [9.17, 15) is 4.79 Å². The van der Waals surface area contributed by atoms with Gasteiger partial charge in [-0.25, -0.2) is 9.78 Å². The lowest BCUT2D eigenvalue weighted by molar-refractivity contribution is 0.256. The minimum atomic E-state index is -0.202. The molecule has 1 aliphatic heterocycles. The molecule has 28 heavy (non-hydrogen) atoms. The summed E-state index contributed by atoms with van der Waals surface area (Å²) in [5.41, 5.74) is 4.60. The summed E-state index contributed by atoms with van der Waals surface area (Å²) in [5.74, 6) is 0.653. The summed E-state index contributed by atoms with van der Waals surface area (Å²) in [6, 6.07) is 15.7. The second kappa shape index (κ2) is 8.08. The highest BCUT2D eigenvalue weighted by Gasteiger charge is 2.22. The number of aromatic nitrogens is 2. The van der Waals surface area contributed by atoms with Gasteiger partial charge < -0.3 is 10.6 Å². The number of carbonyl (C=O) groups excluding carboxylic acids is 1. The van der Waals surface area contributed by atoms with Gasteiger partial charge in [0.2, 0.25) is 0 Å². The molecule has 3 heterocycles. The van der Waals surface area contributed by atoms with Gasteiger partial charge in [-0.05, 0) is 50.1 Å². The van der Waals surface area contributed by atoms with E-state index in [-0.39, 0.29) is 6.03 Å². The molecule has 142 valence electrons. The quantitative estimate of drug-likeness (QED) is 0.683. The molecule has 0 fully saturated rings. The molecule has 3 aromatic rings. The number of fused-ring (bicyclic) bond motifs is 1. The van der Waals surface area contributed by atoms with Crippen molar-refractivity contribution in [2.75, 3.05) is 28.6 Å². The van der Waals surface area contributed by atoms with Gasteiger partial charge in [-0.3, -0.25) is 9.88 Å². The van der Waals surface area contributed by atoms with Crippen LogP contribution in [0.25, 0.3) is 11.3 Å². The van der Waals surface area contributed by atoms with E-state index in [0.717, 1.165) is 36.3 Å². The van der Waals surface area contributed by atoms with Gasteiger partial charge in [0.25, 0.3) is 0 Å². The minimum absolute atomic E-state index is 0.202. The Morgan fingerprint density at radius 2 is 2.07 bits per heavy atom. The van der Waals surface area contributed by atoms with E-state index in [2.05, 4.69) is 34.7 Å². The highest BCUT2D eigenvalue weighted by Crippen LogP contribution is 2.30. The lowest BCUT2D eigenvalue weighted by Gasteiger charge is -2.27. The van der Waals surface area contributed by atoms with Gasteiger partial charge in [-0.2, -0.15) is 0 Å². The number of aryl methyl sites for hydroxylation is 1. The van der Waals surface area contributed by atoms with Gasteiger partial charge in [0, 0.05) is 24.8 Å². The third-order valence-electron chi connectivity index (χ3n) is 4.73. The number of rotatable bonds is 2. The maximum atomic E-state index is 13.0. The summed E-state index contributed by atoms with van der Waals surface area (Å²) < 4.78 is 0.